The Morgan fingerprint density at radius 1 is 1.39 bits per heavy atom. The van der Waals surface area contributed by atoms with Crippen LogP contribution >= 0.6 is 15.9 Å². The average Bonchev–Trinajstić information content (AvgIpc) is 2.41. The standard InChI is InChI=1S/C14H21BrN2O/c1-17(13-5-8-18-9-6-13)14-10-12(15)3-2-11(14)4-7-16/h2-3,10,13H,4-9,16H2,1H3. The smallest absolute Gasteiger partial charge is 0.0485 e. The molecule has 0 aliphatic carbocycles. The highest BCUT2D eigenvalue weighted by atomic mass is 79.9. The van der Waals surface area contributed by atoms with Crippen LogP contribution in [0.15, 0.2) is 22.7 Å². The maximum atomic E-state index is 5.70. The van der Waals surface area contributed by atoms with Gasteiger partial charge in [0.2, 0.25) is 0 Å². The quantitative estimate of drug-likeness (QED) is 0.928. The SMILES string of the molecule is CN(c1cc(Br)ccc1CCN)C1CCOCC1. The molecule has 4 heteroatoms. The molecular weight excluding hydrogens is 292 g/mol. The molecule has 2 N–H and O–H groups in total. The third kappa shape index (κ3) is 3.25. The maximum absolute atomic E-state index is 5.70. The Morgan fingerprint density at radius 3 is 2.78 bits per heavy atom. The molecule has 1 aromatic rings. The van der Waals surface area contributed by atoms with E-state index in [2.05, 4.69) is 46.1 Å². The second-order valence-electron chi connectivity index (χ2n) is 4.77. The number of hydrogen-bond acceptors (Lipinski definition) is 3. The van der Waals surface area contributed by atoms with E-state index in [1.54, 1.807) is 0 Å². The van der Waals surface area contributed by atoms with Crippen molar-refractivity contribution in [3.63, 3.8) is 0 Å². The van der Waals surface area contributed by atoms with Crippen LogP contribution in [0.2, 0.25) is 0 Å². The summed E-state index contributed by atoms with van der Waals surface area (Å²) in [6, 6.07) is 7.03. The lowest BCUT2D eigenvalue weighted by Gasteiger charge is -2.34. The van der Waals surface area contributed by atoms with Crippen molar-refractivity contribution in [2.75, 3.05) is 31.7 Å². The van der Waals surface area contributed by atoms with Gasteiger partial charge in [0.05, 0.1) is 0 Å². The van der Waals surface area contributed by atoms with Crippen molar-refractivity contribution < 1.29 is 4.74 Å². The maximum Gasteiger partial charge on any atom is 0.0485 e. The minimum Gasteiger partial charge on any atom is -0.381 e. The van der Waals surface area contributed by atoms with Crippen molar-refractivity contribution in [1.82, 2.24) is 0 Å². The normalized spacial score (nSPS) is 16.8. The fourth-order valence-corrected chi connectivity index (χ4v) is 2.85. The number of halogens is 1. The van der Waals surface area contributed by atoms with Crippen LogP contribution in [0, 0.1) is 0 Å². The Morgan fingerprint density at radius 2 is 2.11 bits per heavy atom. The van der Waals surface area contributed by atoms with Crippen molar-refractivity contribution in [3.05, 3.63) is 28.2 Å². The number of hydrogen-bond donors (Lipinski definition) is 1. The number of anilines is 1. The van der Waals surface area contributed by atoms with Gasteiger partial charge in [0.1, 0.15) is 0 Å². The molecule has 1 fully saturated rings. The zero-order valence-corrected chi connectivity index (χ0v) is 12.4. The van der Waals surface area contributed by atoms with Gasteiger partial charge in [0.25, 0.3) is 0 Å². The molecule has 18 heavy (non-hydrogen) atoms. The number of rotatable bonds is 4. The molecule has 2 rings (SSSR count). The van der Waals surface area contributed by atoms with E-state index in [4.69, 9.17) is 10.5 Å². The largest absolute Gasteiger partial charge is 0.381 e. The summed E-state index contributed by atoms with van der Waals surface area (Å²) in [5.74, 6) is 0. The molecule has 0 aromatic heterocycles. The molecule has 3 nitrogen and oxygen atoms in total. The molecule has 1 aliphatic rings. The number of nitrogens with two attached hydrogens (primary N) is 1. The van der Waals surface area contributed by atoms with E-state index >= 15 is 0 Å². The average molecular weight is 313 g/mol. The van der Waals surface area contributed by atoms with Crippen molar-refractivity contribution in [2.45, 2.75) is 25.3 Å². The topological polar surface area (TPSA) is 38.5 Å². The first-order valence-corrected chi connectivity index (χ1v) is 7.30. The summed E-state index contributed by atoms with van der Waals surface area (Å²) >= 11 is 3.56. The van der Waals surface area contributed by atoms with E-state index in [0.717, 1.165) is 36.9 Å². The molecule has 0 spiro atoms. The van der Waals surface area contributed by atoms with Gasteiger partial charge in [-0.3, -0.25) is 0 Å². The molecule has 1 saturated heterocycles. The van der Waals surface area contributed by atoms with Crippen LogP contribution in [0.1, 0.15) is 18.4 Å². The van der Waals surface area contributed by atoms with Gasteiger partial charge in [-0.1, -0.05) is 22.0 Å². The molecule has 0 bridgehead atoms. The summed E-state index contributed by atoms with van der Waals surface area (Å²) in [7, 11) is 2.18. The van der Waals surface area contributed by atoms with E-state index in [1.165, 1.54) is 11.3 Å². The van der Waals surface area contributed by atoms with Gasteiger partial charge in [-0.15, -0.1) is 0 Å². The van der Waals surface area contributed by atoms with E-state index < -0.39 is 0 Å². The second-order valence-corrected chi connectivity index (χ2v) is 5.68. The van der Waals surface area contributed by atoms with Crippen molar-refractivity contribution in [1.29, 1.82) is 0 Å². The predicted molar refractivity (Wildman–Crippen MR) is 79.1 cm³/mol. The zero-order chi connectivity index (χ0) is 13.0. The first-order valence-electron chi connectivity index (χ1n) is 6.51. The number of ether oxygens (including phenoxy) is 1. The summed E-state index contributed by atoms with van der Waals surface area (Å²) in [6.45, 7) is 2.43. The predicted octanol–water partition coefficient (Wildman–Crippen LogP) is 2.57. The minimum atomic E-state index is 0.574. The highest BCUT2D eigenvalue weighted by Gasteiger charge is 2.20. The van der Waals surface area contributed by atoms with Crippen molar-refractivity contribution >= 4 is 21.6 Å². The van der Waals surface area contributed by atoms with Crippen LogP contribution in [0.5, 0.6) is 0 Å². The Kier molecular flexibility index (Phi) is 5.03. The fourth-order valence-electron chi connectivity index (χ4n) is 2.50. The summed E-state index contributed by atoms with van der Waals surface area (Å²) < 4.78 is 6.55. The van der Waals surface area contributed by atoms with Crippen LogP contribution in [-0.4, -0.2) is 32.8 Å². The Labute approximate surface area is 117 Å². The lowest BCUT2D eigenvalue weighted by atomic mass is 10.0. The minimum absolute atomic E-state index is 0.574. The molecule has 0 atom stereocenters. The fraction of sp³-hybridized carbons (Fsp3) is 0.571. The molecule has 1 aromatic carbocycles. The second kappa shape index (κ2) is 6.55. The summed E-state index contributed by atoms with van der Waals surface area (Å²) in [5.41, 5.74) is 8.32. The van der Waals surface area contributed by atoms with Gasteiger partial charge in [0, 0.05) is 36.5 Å². The van der Waals surface area contributed by atoms with Gasteiger partial charge in [-0.25, -0.2) is 0 Å². The first-order chi connectivity index (χ1) is 8.72. The molecule has 100 valence electrons. The lowest BCUT2D eigenvalue weighted by molar-refractivity contribution is 0.0854. The molecule has 1 heterocycles. The van der Waals surface area contributed by atoms with Gasteiger partial charge in [0.15, 0.2) is 0 Å². The van der Waals surface area contributed by atoms with E-state index in [9.17, 15) is 0 Å². The van der Waals surface area contributed by atoms with Crippen molar-refractivity contribution in [2.24, 2.45) is 5.73 Å². The van der Waals surface area contributed by atoms with Gasteiger partial charge in [-0.05, 0) is 43.5 Å². The highest BCUT2D eigenvalue weighted by molar-refractivity contribution is 9.10. The van der Waals surface area contributed by atoms with E-state index in [0.29, 0.717) is 12.6 Å². The Balaban J connectivity index is 2.21. The molecule has 0 radical (unpaired) electrons. The number of nitrogens with zero attached hydrogens (tertiary/aromatic N) is 1. The zero-order valence-electron chi connectivity index (χ0n) is 10.9. The van der Waals surface area contributed by atoms with Gasteiger partial charge < -0.3 is 15.4 Å². The van der Waals surface area contributed by atoms with Crippen LogP contribution < -0.4 is 10.6 Å². The summed E-state index contributed by atoms with van der Waals surface area (Å²) in [6.07, 6.45) is 3.13. The highest BCUT2D eigenvalue weighted by Crippen LogP contribution is 2.28. The van der Waals surface area contributed by atoms with Crippen LogP contribution in [0.25, 0.3) is 0 Å². The summed E-state index contributed by atoms with van der Waals surface area (Å²) in [5, 5.41) is 0. The Hall–Kier alpha value is -0.580. The Bertz CT molecular complexity index is 391. The third-order valence-corrected chi connectivity index (χ3v) is 4.07. The summed E-state index contributed by atoms with van der Waals surface area (Å²) in [4.78, 5) is 2.39. The monoisotopic (exact) mass is 312 g/mol. The molecular formula is C14H21BrN2O. The lowest BCUT2D eigenvalue weighted by Crippen LogP contribution is -2.37. The molecule has 0 saturated carbocycles. The molecule has 0 amide bonds. The van der Waals surface area contributed by atoms with Crippen LogP contribution in [0.4, 0.5) is 5.69 Å². The van der Waals surface area contributed by atoms with Crippen molar-refractivity contribution in [3.8, 4) is 0 Å². The van der Waals surface area contributed by atoms with E-state index in [-0.39, 0.29) is 0 Å². The molecule has 1 aliphatic heterocycles. The van der Waals surface area contributed by atoms with E-state index in [1.807, 2.05) is 0 Å². The first kappa shape index (κ1) is 13.8. The molecule has 0 unspecified atom stereocenters. The van der Waals surface area contributed by atoms with Crippen LogP contribution in [0.3, 0.4) is 0 Å². The van der Waals surface area contributed by atoms with Gasteiger partial charge in [-0.2, -0.15) is 0 Å². The van der Waals surface area contributed by atoms with Gasteiger partial charge >= 0.3 is 0 Å². The third-order valence-electron chi connectivity index (χ3n) is 3.58. The van der Waals surface area contributed by atoms with Crippen LogP contribution in [-0.2, 0) is 11.2 Å². The number of benzene rings is 1.